The summed E-state index contributed by atoms with van der Waals surface area (Å²) in [6.07, 6.45) is 4.25. The molecule has 2 aromatic carbocycles. The standard InChI is InChI=1S/C25H19N5O3/c1-15-5-6-18(13-19(15)27-24(31)20-14-26-22-4-2-3-10-30(20)22)25-28-23(29-33-25)17-7-8-21-16(12-17)9-11-32-21/h2-8,10,12-14H,9,11H2,1H3,(H,27,31). The summed E-state index contributed by atoms with van der Waals surface area (Å²) in [5.41, 5.74) is 5.49. The number of amides is 1. The Labute approximate surface area is 188 Å². The molecule has 0 saturated carbocycles. The number of pyridine rings is 1. The molecule has 5 aromatic rings. The Morgan fingerprint density at radius 2 is 2.00 bits per heavy atom. The third-order valence-electron chi connectivity index (χ3n) is 5.76. The van der Waals surface area contributed by atoms with Crippen LogP contribution in [0, 0.1) is 6.92 Å². The minimum atomic E-state index is -0.250. The normalized spacial score (nSPS) is 12.5. The molecule has 0 unspecified atom stereocenters. The maximum atomic E-state index is 12.9. The molecule has 0 spiro atoms. The molecule has 0 radical (unpaired) electrons. The summed E-state index contributed by atoms with van der Waals surface area (Å²) in [6.45, 7) is 2.63. The molecule has 0 bridgehead atoms. The van der Waals surface area contributed by atoms with Gasteiger partial charge in [0.25, 0.3) is 11.8 Å². The van der Waals surface area contributed by atoms with Crippen molar-refractivity contribution in [2.24, 2.45) is 0 Å². The van der Waals surface area contributed by atoms with Crippen LogP contribution < -0.4 is 10.1 Å². The van der Waals surface area contributed by atoms with Gasteiger partial charge in [0.2, 0.25) is 5.82 Å². The van der Waals surface area contributed by atoms with Gasteiger partial charge in [0.15, 0.2) is 0 Å². The molecule has 8 heteroatoms. The quantitative estimate of drug-likeness (QED) is 0.443. The van der Waals surface area contributed by atoms with Gasteiger partial charge < -0.3 is 14.6 Å². The first-order chi connectivity index (χ1) is 16.2. The second kappa shape index (κ2) is 7.59. The number of nitrogens with one attached hydrogen (secondary N) is 1. The number of hydrogen-bond donors (Lipinski definition) is 1. The summed E-state index contributed by atoms with van der Waals surface area (Å²) >= 11 is 0. The molecule has 8 nitrogen and oxygen atoms in total. The number of aryl methyl sites for hydroxylation is 1. The maximum absolute atomic E-state index is 12.9. The molecule has 33 heavy (non-hydrogen) atoms. The molecule has 1 aliphatic heterocycles. The van der Waals surface area contributed by atoms with Crippen molar-refractivity contribution in [2.75, 3.05) is 11.9 Å². The van der Waals surface area contributed by atoms with Gasteiger partial charge in [0, 0.05) is 29.4 Å². The number of anilines is 1. The zero-order chi connectivity index (χ0) is 22.4. The van der Waals surface area contributed by atoms with E-state index in [-0.39, 0.29) is 5.91 Å². The molecule has 1 N–H and O–H groups in total. The lowest BCUT2D eigenvalue weighted by molar-refractivity contribution is 0.102. The van der Waals surface area contributed by atoms with Crippen molar-refractivity contribution < 1.29 is 14.1 Å². The summed E-state index contributed by atoms with van der Waals surface area (Å²) in [5, 5.41) is 7.13. The number of rotatable bonds is 4. The largest absolute Gasteiger partial charge is 0.493 e. The van der Waals surface area contributed by atoms with Crippen LogP contribution in [0.25, 0.3) is 28.5 Å². The zero-order valence-electron chi connectivity index (χ0n) is 17.8. The Kier molecular flexibility index (Phi) is 4.43. The number of aromatic nitrogens is 4. The van der Waals surface area contributed by atoms with Gasteiger partial charge in [-0.05, 0) is 60.5 Å². The summed E-state index contributed by atoms with van der Waals surface area (Å²) in [4.78, 5) is 21.8. The average Bonchev–Trinajstić information content (AvgIpc) is 3.59. The van der Waals surface area contributed by atoms with Gasteiger partial charge in [0.1, 0.15) is 17.1 Å². The first kappa shape index (κ1) is 19.2. The van der Waals surface area contributed by atoms with Crippen LogP contribution in [0.4, 0.5) is 5.69 Å². The molecule has 0 atom stereocenters. The van der Waals surface area contributed by atoms with Crippen molar-refractivity contribution in [3.05, 3.63) is 83.8 Å². The number of fused-ring (bicyclic) bond motifs is 2. The highest BCUT2D eigenvalue weighted by molar-refractivity contribution is 6.04. The summed E-state index contributed by atoms with van der Waals surface area (Å²) in [7, 11) is 0. The Morgan fingerprint density at radius 3 is 2.94 bits per heavy atom. The monoisotopic (exact) mass is 437 g/mol. The molecule has 4 heterocycles. The number of imidazole rings is 1. The van der Waals surface area contributed by atoms with E-state index in [9.17, 15) is 4.79 Å². The highest BCUT2D eigenvalue weighted by Gasteiger charge is 2.18. The third kappa shape index (κ3) is 3.41. The third-order valence-corrected chi connectivity index (χ3v) is 5.76. The lowest BCUT2D eigenvalue weighted by Crippen LogP contribution is -2.15. The minimum absolute atomic E-state index is 0.250. The molecular weight excluding hydrogens is 418 g/mol. The van der Waals surface area contributed by atoms with Gasteiger partial charge >= 0.3 is 0 Å². The first-order valence-electron chi connectivity index (χ1n) is 10.6. The zero-order valence-corrected chi connectivity index (χ0v) is 17.8. The van der Waals surface area contributed by atoms with Crippen LogP contribution in [0.15, 0.2) is 71.5 Å². The smallest absolute Gasteiger partial charge is 0.274 e. The number of hydrogen-bond acceptors (Lipinski definition) is 6. The van der Waals surface area contributed by atoms with E-state index in [4.69, 9.17) is 9.26 Å². The Morgan fingerprint density at radius 1 is 1.09 bits per heavy atom. The van der Waals surface area contributed by atoms with Gasteiger partial charge in [-0.25, -0.2) is 4.98 Å². The molecule has 6 rings (SSSR count). The van der Waals surface area contributed by atoms with Crippen LogP contribution in [0.3, 0.4) is 0 Å². The van der Waals surface area contributed by atoms with Crippen molar-refractivity contribution >= 4 is 17.2 Å². The summed E-state index contributed by atoms with van der Waals surface area (Å²) in [5.74, 6) is 1.55. The van der Waals surface area contributed by atoms with E-state index >= 15 is 0 Å². The van der Waals surface area contributed by atoms with Crippen LogP contribution in [0.1, 0.15) is 21.6 Å². The van der Waals surface area contributed by atoms with Gasteiger partial charge in [0.05, 0.1) is 12.8 Å². The van der Waals surface area contributed by atoms with E-state index in [0.717, 1.165) is 34.4 Å². The maximum Gasteiger partial charge on any atom is 0.274 e. The molecule has 0 aliphatic carbocycles. The number of ether oxygens (including phenoxy) is 1. The van der Waals surface area contributed by atoms with E-state index in [0.29, 0.717) is 35.4 Å². The van der Waals surface area contributed by atoms with Crippen molar-refractivity contribution in [1.82, 2.24) is 19.5 Å². The molecule has 0 fully saturated rings. The predicted octanol–water partition coefficient (Wildman–Crippen LogP) is 4.55. The van der Waals surface area contributed by atoms with E-state index in [1.807, 2.05) is 67.7 Å². The summed E-state index contributed by atoms with van der Waals surface area (Å²) < 4.78 is 12.9. The number of carbonyl (C=O) groups excluding carboxylic acids is 1. The van der Waals surface area contributed by atoms with Gasteiger partial charge in [-0.15, -0.1) is 0 Å². The van der Waals surface area contributed by atoms with Crippen LogP contribution in [0.5, 0.6) is 5.75 Å². The van der Waals surface area contributed by atoms with E-state index in [1.165, 1.54) is 0 Å². The second-order valence-electron chi connectivity index (χ2n) is 7.90. The summed E-state index contributed by atoms with van der Waals surface area (Å²) in [6, 6.07) is 17.1. The van der Waals surface area contributed by atoms with Gasteiger partial charge in [-0.3, -0.25) is 9.20 Å². The van der Waals surface area contributed by atoms with Crippen molar-refractivity contribution in [3.63, 3.8) is 0 Å². The Balaban J connectivity index is 1.28. The lowest BCUT2D eigenvalue weighted by atomic mass is 10.1. The SMILES string of the molecule is Cc1ccc(-c2nc(-c3ccc4c(c3)CCO4)no2)cc1NC(=O)c1cnc2ccccn12. The minimum Gasteiger partial charge on any atom is -0.493 e. The number of nitrogens with zero attached hydrogens (tertiary/aromatic N) is 4. The number of benzene rings is 2. The highest BCUT2D eigenvalue weighted by atomic mass is 16.5. The molecule has 162 valence electrons. The number of carbonyl (C=O) groups is 1. The fourth-order valence-electron chi connectivity index (χ4n) is 3.96. The van der Waals surface area contributed by atoms with E-state index < -0.39 is 0 Å². The molecule has 3 aromatic heterocycles. The van der Waals surface area contributed by atoms with Crippen LogP contribution in [-0.4, -0.2) is 32.0 Å². The molecular formula is C25H19N5O3. The highest BCUT2D eigenvalue weighted by Crippen LogP contribution is 2.31. The van der Waals surface area contributed by atoms with Gasteiger partial charge in [-0.2, -0.15) is 4.98 Å². The fraction of sp³-hybridized carbons (Fsp3) is 0.120. The van der Waals surface area contributed by atoms with Crippen molar-refractivity contribution in [1.29, 1.82) is 0 Å². The van der Waals surface area contributed by atoms with E-state index in [2.05, 4.69) is 20.4 Å². The second-order valence-corrected chi connectivity index (χ2v) is 7.90. The van der Waals surface area contributed by atoms with Crippen LogP contribution >= 0.6 is 0 Å². The Hall–Kier alpha value is -4.46. The molecule has 1 amide bonds. The first-order valence-corrected chi connectivity index (χ1v) is 10.6. The van der Waals surface area contributed by atoms with Crippen LogP contribution in [-0.2, 0) is 6.42 Å². The molecule has 0 saturated heterocycles. The molecule has 1 aliphatic rings. The van der Waals surface area contributed by atoms with Crippen molar-refractivity contribution in [2.45, 2.75) is 13.3 Å². The predicted molar refractivity (Wildman–Crippen MR) is 122 cm³/mol. The van der Waals surface area contributed by atoms with E-state index in [1.54, 1.807) is 10.6 Å². The lowest BCUT2D eigenvalue weighted by Gasteiger charge is -2.09. The van der Waals surface area contributed by atoms with Gasteiger partial charge in [-0.1, -0.05) is 17.3 Å². The average molecular weight is 437 g/mol. The van der Waals surface area contributed by atoms with Crippen LogP contribution in [0.2, 0.25) is 0 Å². The topological polar surface area (TPSA) is 94.5 Å². The Bertz CT molecular complexity index is 1520. The van der Waals surface area contributed by atoms with Crippen molar-refractivity contribution in [3.8, 4) is 28.6 Å². The fourth-order valence-corrected chi connectivity index (χ4v) is 3.96.